The highest BCUT2D eigenvalue weighted by Crippen LogP contribution is 2.15. The van der Waals surface area contributed by atoms with E-state index in [1.54, 1.807) is 7.11 Å². The second-order valence-electron chi connectivity index (χ2n) is 4.20. The van der Waals surface area contributed by atoms with Crippen molar-refractivity contribution in [1.82, 2.24) is 5.32 Å². The molecule has 1 N–H and O–H groups in total. The van der Waals surface area contributed by atoms with E-state index >= 15 is 0 Å². The van der Waals surface area contributed by atoms with E-state index in [1.165, 1.54) is 18.2 Å². The molecule has 0 radical (unpaired) electrons. The zero-order valence-corrected chi connectivity index (χ0v) is 11.8. The number of methoxy groups -OCH3 is 1. The summed E-state index contributed by atoms with van der Waals surface area (Å²) in [6.45, 7) is 0.370. The number of nitrogens with one attached hydrogen (secondary N) is 1. The van der Waals surface area contributed by atoms with Gasteiger partial charge >= 0.3 is 0 Å². The van der Waals surface area contributed by atoms with Gasteiger partial charge in [0.2, 0.25) is 0 Å². The van der Waals surface area contributed by atoms with Crippen LogP contribution in [0, 0.1) is 5.82 Å². The second kappa shape index (κ2) is 6.43. The van der Waals surface area contributed by atoms with Gasteiger partial charge in [0.05, 0.1) is 7.11 Å². The van der Waals surface area contributed by atoms with Gasteiger partial charge in [0.15, 0.2) is 0 Å². The first-order chi connectivity index (χ1) is 9.60. The van der Waals surface area contributed by atoms with Crippen molar-refractivity contribution in [3.63, 3.8) is 0 Å². The number of benzene rings is 2. The van der Waals surface area contributed by atoms with Crippen LogP contribution in [-0.4, -0.2) is 13.0 Å². The number of hydrogen-bond donors (Lipinski definition) is 2. The molecule has 20 heavy (non-hydrogen) atoms. The topological polar surface area (TPSA) is 38.3 Å². The Hall–Kier alpha value is -2.01. The lowest BCUT2D eigenvalue weighted by molar-refractivity contribution is 0.0950. The van der Waals surface area contributed by atoms with Crippen LogP contribution in [0.2, 0.25) is 0 Å². The van der Waals surface area contributed by atoms with E-state index in [2.05, 4.69) is 17.9 Å². The highest BCUT2D eigenvalue weighted by molar-refractivity contribution is 7.80. The molecule has 0 aliphatic heterocycles. The smallest absolute Gasteiger partial charge is 0.251 e. The fraction of sp³-hybridized carbons (Fsp3) is 0.133. The SMILES string of the molecule is COc1cccc(CNC(=O)c2ccc(F)c(S)c2)c1. The molecule has 2 rings (SSSR count). The van der Waals surface area contributed by atoms with Gasteiger partial charge in [-0.05, 0) is 35.9 Å². The molecule has 5 heteroatoms. The van der Waals surface area contributed by atoms with Gasteiger partial charge < -0.3 is 10.1 Å². The summed E-state index contributed by atoms with van der Waals surface area (Å²) < 4.78 is 18.2. The van der Waals surface area contributed by atoms with Crippen molar-refractivity contribution in [1.29, 1.82) is 0 Å². The summed E-state index contributed by atoms with van der Waals surface area (Å²) in [4.78, 5) is 12.1. The highest BCUT2D eigenvalue weighted by Gasteiger charge is 2.08. The first-order valence-electron chi connectivity index (χ1n) is 6.00. The van der Waals surface area contributed by atoms with Gasteiger partial charge in [-0.3, -0.25) is 4.79 Å². The number of thiol groups is 1. The molecular weight excluding hydrogens is 277 g/mol. The predicted octanol–water partition coefficient (Wildman–Crippen LogP) is 3.05. The molecule has 0 saturated carbocycles. The van der Waals surface area contributed by atoms with E-state index in [4.69, 9.17) is 4.74 Å². The zero-order chi connectivity index (χ0) is 14.5. The van der Waals surface area contributed by atoms with Crippen molar-refractivity contribution in [2.75, 3.05) is 7.11 Å². The minimum Gasteiger partial charge on any atom is -0.497 e. The predicted molar refractivity (Wildman–Crippen MR) is 77.8 cm³/mol. The number of hydrogen-bond acceptors (Lipinski definition) is 3. The van der Waals surface area contributed by atoms with E-state index in [0.29, 0.717) is 12.1 Å². The summed E-state index contributed by atoms with van der Waals surface area (Å²) in [6, 6.07) is 11.5. The molecule has 2 aromatic carbocycles. The number of halogens is 1. The molecule has 0 bridgehead atoms. The van der Waals surface area contributed by atoms with Gasteiger partial charge in [0.25, 0.3) is 5.91 Å². The molecule has 0 aromatic heterocycles. The van der Waals surface area contributed by atoms with E-state index in [-0.39, 0.29) is 10.8 Å². The first kappa shape index (κ1) is 14.4. The maximum Gasteiger partial charge on any atom is 0.251 e. The third-order valence-electron chi connectivity index (χ3n) is 2.80. The van der Waals surface area contributed by atoms with Crippen molar-refractivity contribution in [3.05, 3.63) is 59.4 Å². The Labute approximate surface area is 122 Å². The van der Waals surface area contributed by atoms with Gasteiger partial charge in [-0.15, -0.1) is 12.6 Å². The molecule has 0 heterocycles. The van der Waals surface area contributed by atoms with E-state index < -0.39 is 5.82 Å². The van der Waals surface area contributed by atoms with Gasteiger partial charge in [-0.1, -0.05) is 12.1 Å². The molecule has 0 aliphatic rings. The fourth-order valence-corrected chi connectivity index (χ4v) is 1.93. The standard InChI is InChI=1S/C15H14FNO2S/c1-19-12-4-2-3-10(7-12)9-17-15(18)11-5-6-13(16)14(20)8-11/h2-8,20H,9H2,1H3,(H,17,18). The normalized spacial score (nSPS) is 10.2. The third kappa shape index (κ3) is 3.51. The minimum atomic E-state index is -0.447. The molecule has 2 aromatic rings. The lowest BCUT2D eigenvalue weighted by atomic mass is 10.2. The summed E-state index contributed by atoms with van der Waals surface area (Å²) in [6.07, 6.45) is 0. The first-order valence-corrected chi connectivity index (χ1v) is 6.44. The highest BCUT2D eigenvalue weighted by atomic mass is 32.1. The summed E-state index contributed by atoms with van der Waals surface area (Å²) in [7, 11) is 1.59. The Balaban J connectivity index is 2.02. The van der Waals surface area contributed by atoms with Crippen molar-refractivity contribution < 1.29 is 13.9 Å². The minimum absolute atomic E-state index is 0.152. The zero-order valence-electron chi connectivity index (χ0n) is 10.9. The Kier molecular flexibility index (Phi) is 4.63. The summed E-state index contributed by atoms with van der Waals surface area (Å²) in [5.74, 6) is 0.0111. The molecule has 0 unspecified atom stereocenters. The Morgan fingerprint density at radius 2 is 2.10 bits per heavy atom. The molecule has 0 spiro atoms. The second-order valence-corrected chi connectivity index (χ2v) is 4.68. The third-order valence-corrected chi connectivity index (χ3v) is 3.14. The van der Waals surface area contributed by atoms with Crippen LogP contribution in [0.1, 0.15) is 15.9 Å². The molecule has 104 valence electrons. The van der Waals surface area contributed by atoms with E-state index in [9.17, 15) is 9.18 Å². The van der Waals surface area contributed by atoms with Gasteiger partial charge in [-0.2, -0.15) is 0 Å². The number of carbonyl (C=O) groups excluding carboxylic acids is 1. The molecular formula is C15H14FNO2S. The average Bonchev–Trinajstić information content (AvgIpc) is 2.47. The monoisotopic (exact) mass is 291 g/mol. The maximum absolute atomic E-state index is 13.1. The summed E-state index contributed by atoms with van der Waals surface area (Å²) in [5, 5.41) is 2.76. The van der Waals surface area contributed by atoms with Crippen LogP contribution in [0.5, 0.6) is 5.75 Å². The van der Waals surface area contributed by atoms with Gasteiger partial charge in [0.1, 0.15) is 11.6 Å². The van der Waals surface area contributed by atoms with Gasteiger partial charge in [0, 0.05) is 17.0 Å². The summed E-state index contributed by atoms with van der Waals surface area (Å²) >= 11 is 3.95. The summed E-state index contributed by atoms with van der Waals surface area (Å²) in [5.41, 5.74) is 1.30. The van der Waals surface area contributed by atoms with Crippen molar-refractivity contribution in [2.24, 2.45) is 0 Å². The van der Waals surface area contributed by atoms with Crippen LogP contribution >= 0.6 is 12.6 Å². The molecule has 0 aliphatic carbocycles. The van der Waals surface area contributed by atoms with Crippen LogP contribution in [-0.2, 0) is 6.54 Å². The maximum atomic E-state index is 13.1. The Bertz CT molecular complexity index is 631. The molecule has 0 atom stereocenters. The van der Waals surface area contributed by atoms with Crippen LogP contribution in [0.25, 0.3) is 0 Å². The van der Waals surface area contributed by atoms with E-state index in [1.807, 2.05) is 24.3 Å². The number of rotatable bonds is 4. The number of ether oxygens (including phenoxy) is 1. The molecule has 0 fully saturated rings. The number of carbonyl (C=O) groups is 1. The van der Waals surface area contributed by atoms with Crippen molar-refractivity contribution >= 4 is 18.5 Å². The van der Waals surface area contributed by atoms with Crippen molar-refractivity contribution in [3.8, 4) is 5.75 Å². The Morgan fingerprint density at radius 1 is 1.30 bits per heavy atom. The largest absolute Gasteiger partial charge is 0.497 e. The quantitative estimate of drug-likeness (QED) is 0.850. The lowest BCUT2D eigenvalue weighted by Gasteiger charge is -2.07. The molecule has 1 amide bonds. The molecule has 3 nitrogen and oxygen atoms in total. The van der Waals surface area contributed by atoms with Crippen LogP contribution in [0.15, 0.2) is 47.4 Å². The van der Waals surface area contributed by atoms with Crippen LogP contribution in [0.3, 0.4) is 0 Å². The van der Waals surface area contributed by atoms with Crippen LogP contribution < -0.4 is 10.1 Å². The van der Waals surface area contributed by atoms with Crippen molar-refractivity contribution in [2.45, 2.75) is 11.4 Å². The fourth-order valence-electron chi connectivity index (χ4n) is 1.72. The molecule has 0 saturated heterocycles. The Morgan fingerprint density at radius 3 is 2.80 bits per heavy atom. The van der Waals surface area contributed by atoms with Crippen LogP contribution in [0.4, 0.5) is 4.39 Å². The average molecular weight is 291 g/mol. The number of amides is 1. The van der Waals surface area contributed by atoms with Gasteiger partial charge in [-0.25, -0.2) is 4.39 Å². The van der Waals surface area contributed by atoms with E-state index in [0.717, 1.165) is 11.3 Å². The lowest BCUT2D eigenvalue weighted by Crippen LogP contribution is -2.22.